The number of carbonyl (C=O) groups excluding carboxylic acids is 1. The van der Waals surface area contributed by atoms with Crippen LogP contribution in [0, 0.1) is 5.92 Å². The van der Waals surface area contributed by atoms with Crippen molar-refractivity contribution in [1.82, 2.24) is 4.90 Å². The number of amides is 1. The molecular formula is C19H29NO4. The highest BCUT2D eigenvalue weighted by Gasteiger charge is 2.25. The smallest absolute Gasteiger partial charge is 0.254 e. The Kier molecular flexibility index (Phi) is 6.91. The number of hydrogen-bond acceptors (Lipinski definition) is 4. The molecule has 2 rings (SSSR count). The summed E-state index contributed by atoms with van der Waals surface area (Å²) in [5.41, 5.74) is 0.621. The molecule has 1 aromatic carbocycles. The zero-order valence-corrected chi connectivity index (χ0v) is 15.2. The van der Waals surface area contributed by atoms with Crippen LogP contribution < -0.4 is 9.47 Å². The summed E-state index contributed by atoms with van der Waals surface area (Å²) >= 11 is 0. The van der Waals surface area contributed by atoms with Gasteiger partial charge in [-0.15, -0.1) is 0 Å². The monoisotopic (exact) mass is 335 g/mol. The lowest BCUT2D eigenvalue weighted by atomic mass is 10.0. The van der Waals surface area contributed by atoms with Gasteiger partial charge in [-0.3, -0.25) is 4.79 Å². The van der Waals surface area contributed by atoms with Gasteiger partial charge in [-0.05, 0) is 30.5 Å². The van der Waals surface area contributed by atoms with Gasteiger partial charge in [0.2, 0.25) is 0 Å². The molecule has 0 bridgehead atoms. The summed E-state index contributed by atoms with van der Waals surface area (Å²) < 4.78 is 16.3. The minimum absolute atomic E-state index is 0.0214. The minimum atomic E-state index is 0.0214. The summed E-state index contributed by atoms with van der Waals surface area (Å²) in [5.74, 6) is 1.93. The number of ether oxygens (including phenoxy) is 3. The third kappa shape index (κ3) is 4.87. The van der Waals surface area contributed by atoms with Crippen LogP contribution in [0.3, 0.4) is 0 Å². The first kappa shape index (κ1) is 18.6. The van der Waals surface area contributed by atoms with Gasteiger partial charge < -0.3 is 19.1 Å². The molecule has 5 heteroatoms. The molecule has 134 valence electrons. The summed E-state index contributed by atoms with van der Waals surface area (Å²) in [6, 6.07) is 5.30. The fraction of sp³-hybridized carbons (Fsp3) is 0.632. The maximum absolute atomic E-state index is 12.8. The molecule has 0 saturated carbocycles. The van der Waals surface area contributed by atoms with E-state index in [0.717, 1.165) is 12.8 Å². The van der Waals surface area contributed by atoms with Gasteiger partial charge >= 0.3 is 0 Å². The lowest BCUT2D eigenvalue weighted by molar-refractivity contribution is -0.0260. The quantitative estimate of drug-likeness (QED) is 0.766. The molecule has 1 heterocycles. The van der Waals surface area contributed by atoms with Crippen LogP contribution in [-0.4, -0.2) is 50.8 Å². The molecule has 1 aliphatic heterocycles. The largest absolute Gasteiger partial charge is 0.493 e. The first-order valence-corrected chi connectivity index (χ1v) is 8.68. The van der Waals surface area contributed by atoms with E-state index in [0.29, 0.717) is 42.7 Å². The second-order valence-electron chi connectivity index (χ2n) is 6.64. The molecular weight excluding hydrogens is 306 g/mol. The van der Waals surface area contributed by atoms with Crippen LogP contribution in [-0.2, 0) is 4.74 Å². The number of carbonyl (C=O) groups is 1. The van der Waals surface area contributed by atoms with Crippen molar-refractivity contribution in [3.8, 4) is 11.5 Å². The third-order valence-electron chi connectivity index (χ3n) is 4.36. The van der Waals surface area contributed by atoms with E-state index >= 15 is 0 Å². The van der Waals surface area contributed by atoms with Crippen molar-refractivity contribution in [2.24, 2.45) is 5.92 Å². The lowest BCUT2D eigenvalue weighted by Crippen LogP contribution is -2.45. The Morgan fingerprint density at radius 1 is 1.29 bits per heavy atom. The number of hydrogen-bond donors (Lipinski definition) is 0. The predicted molar refractivity (Wildman–Crippen MR) is 93.9 cm³/mol. The van der Waals surface area contributed by atoms with E-state index in [1.807, 2.05) is 4.90 Å². The van der Waals surface area contributed by atoms with Gasteiger partial charge in [-0.2, -0.15) is 0 Å². The first-order chi connectivity index (χ1) is 11.5. The van der Waals surface area contributed by atoms with E-state index in [4.69, 9.17) is 14.2 Å². The number of nitrogens with zero attached hydrogens (tertiary/aromatic N) is 1. The maximum Gasteiger partial charge on any atom is 0.254 e. The molecule has 0 radical (unpaired) electrons. The third-order valence-corrected chi connectivity index (χ3v) is 4.36. The Bertz CT molecular complexity index is 544. The fourth-order valence-corrected chi connectivity index (χ4v) is 2.98. The van der Waals surface area contributed by atoms with Crippen LogP contribution in [0.5, 0.6) is 11.5 Å². The van der Waals surface area contributed by atoms with E-state index in [1.54, 1.807) is 32.4 Å². The van der Waals surface area contributed by atoms with E-state index in [-0.39, 0.29) is 12.0 Å². The molecule has 1 saturated heterocycles. The predicted octanol–water partition coefficient (Wildman–Crippen LogP) is 3.37. The fourth-order valence-electron chi connectivity index (χ4n) is 2.98. The summed E-state index contributed by atoms with van der Waals surface area (Å²) in [6.45, 7) is 6.35. The molecule has 1 aliphatic rings. The number of morpholine rings is 1. The Morgan fingerprint density at radius 3 is 2.71 bits per heavy atom. The standard InChI is InChI=1S/C19H29NO4/c1-14(2)6-5-7-16-13-20(10-11-24-16)19(21)15-8-9-17(22-3)18(12-15)23-4/h8-9,12,14,16H,5-7,10-11,13H2,1-4H3. The van der Waals surface area contributed by atoms with Crippen LogP contribution in [0.25, 0.3) is 0 Å². The normalized spacial score (nSPS) is 17.9. The van der Waals surface area contributed by atoms with Gasteiger partial charge in [0.25, 0.3) is 5.91 Å². The van der Waals surface area contributed by atoms with Gasteiger partial charge in [0.15, 0.2) is 11.5 Å². The van der Waals surface area contributed by atoms with Gasteiger partial charge in [0, 0.05) is 18.7 Å². The molecule has 0 spiro atoms. The van der Waals surface area contributed by atoms with Crippen molar-refractivity contribution >= 4 is 5.91 Å². The zero-order valence-electron chi connectivity index (χ0n) is 15.2. The zero-order chi connectivity index (χ0) is 17.5. The Labute approximate surface area is 144 Å². The first-order valence-electron chi connectivity index (χ1n) is 8.68. The Morgan fingerprint density at radius 2 is 2.04 bits per heavy atom. The van der Waals surface area contributed by atoms with Crippen molar-refractivity contribution in [2.75, 3.05) is 33.9 Å². The highest BCUT2D eigenvalue weighted by atomic mass is 16.5. The lowest BCUT2D eigenvalue weighted by Gasteiger charge is -2.33. The average Bonchev–Trinajstić information content (AvgIpc) is 2.60. The van der Waals surface area contributed by atoms with Crippen LogP contribution in [0.4, 0.5) is 0 Å². The van der Waals surface area contributed by atoms with E-state index in [2.05, 4.69) is 13.8 Å². The van der Waals surface area contributed by atoms with Gasteiger partial charge in [0.05, 0.1) is 26.9 Å². The highest BCUT2D eigenvalue weighted by Crippen LogP contribution is 2.28. The van der Waals surface area contributed by atoms with Crippen LogP contribution in [0.2, 0.25) is 0 Å². The molecule has 24 heavy (non-hydrogen) atoms. The van der Waals surface area contributed by atoms with Crippen LogP contribution >= 0.6 is 0 Å². The summed E-state index contributed by atoms with van der Waals surface area (Å²) in [6.07, 6.45) is 3.49. The van der Waals surface area contributed by atoms with Crippen molar-refractivity contribution in [3.63, 3.8) is 0 Å². The second-order valence-corrected chi connectivity index (χ2v) is 6.64. The average molecular weight is 335 g/mol. The number of benzene rings is 1. The highest BCUT2D eigenvalue weighted by molar-refractivity contribution is 5.95. The SMILES string of the molecule is COc1ccc(C(=O)N2CCOC(CCCC(C)C)C2)cc1OC. The Balaban J connectivity index is 1.98. The molecule has 0 N–H and O–H groups in total. The van der Waals surface area contributed by atoms with E-state index in [9.17, 15) is 4.79 Å². The minimum Gasteiger partial charge on any atom is -0.493 e. The van der Waals surface area contributed by atoms with Crippen molar-refractivity contribution < 1.29 is 19.0 Å². The van der Waals surface area contributed by atoms with Gasteiger partial charge in [-0.1, -0.05) is 26.7 Å². The van der Waals surface area contributed by atoms with Crippen molar-refractivity contribution in [2.45, 2.75) is 39.2 Å². The topological polar surface area (TPSA) is 48.0 Å². The molecule has 0 aromatic heterocycles. The number of rotatable bonds is 7. The number of methoxy groups -OCH3 is 2. The molecule has 1 aromatic rings. The molecule has 1 amide bonds. The van der Waals surface area contributed by atoms with Crippen molar-refractivity contribution in [1.29, 1.82) is 0 Å². The summed E-state index contributed by atoms with van der Waals surface area (Å²) in [4.78, 5) is 14.6. The molecule has 0 aliphatic carbocycles. The Hall–Kier alpha value is -1.75. The second kappa shape index (κ2) is 8.92. The van der Waals surface area contributed by atoms with E-state index in [1.165, 1.54) is 6.42 Å². The summed E-state index contributed by atoms with van der Waals surface area (Å²) in [7, 11) is 3.16. The van der Waals surface area contributed by atoms with E-state index < -0.39 is 0 Å². The van der Waals surface area contributed by atoms with Gasteiger partial charge in [-0.25, -0.2) is 0 Å². The molecule has 5 nitrogen and oxygen atoms in total. The maximum atomic E-state index is 12.8. The van der Waals surface area contributed by atoms with Crippen LogP contribution in [0.15, 0.2) is 18.2 Å². The van der Waals surface area contributed by atoms with Crippen LogP contribution in [0.1, 0.15) is 43.5 Å². The molecule has 1 atom stereocenters. The van der Waals surface area contributed by atoms with Gasteiger partial charge in [0.1, 0.15) is 0 Å². The van der Waals surface area contributed by atoms with Crippen molar-refractivity contribution in [3.05, 3.63) is 23.8 Å². The summed E-state index contributed by atoms with van der Waals surface area (Å²) in [5, 5.41) is 0. The molecule has 1 fully saturated rings. The molecule has 1 unspecified atom stereocenters.